The zero-order valence-electron chi connectivity index (χ0n) is 73.9. The average molecular weight is 1560 g/mol. The molecule has 0 radical (unpaired) electrons. The Kier molecular flexibility index (Phi) is 19.5. The van der Waals surface area contributed by atoms with E-state index in [0.29, 0.717) is 11.1 Å². The Morgan fingerprint density at radius 2 is 0.592 bits per heavy atom. The SMILES string of the molecule is CC(C)(C)c1cccc(-c2cc(-c3ccccc3C#N)cc(-c3cccc(C(C)(C)C)c3)c2N2c3ccc(-c4cc(C(C)(C)C)cc(C(C)(C)C)c4)cc3B3c4ccc(-n5c6ccccc6c6ccccc65)cc4N(c4c(-c5cccc(C(C)(C)C)c5)cc(-c5ccccc5C#N)cc4-c4cccc(C(C)(C)C)c4)c4cc(C(C)(C)C)cc2c43)c1. The normalized spacial score (nSPS) is 13.1. The molecule has 15 aromatic rings. The molecule has 1 aromatic heterocycles. The van der Waals surface area contributed by atoms with Gasteiger partial charge in [-0.25, -0.2) is 0 Å². The maximum Gasteiger partial charge on any atom is 0.252 e. The van der Waals surface area contributed by atoms with Crippen molar-refractivity contribution >= 4 is 79.0 Å². The minimum atomic E-state index is -0.437. The number of fused-ring (bicyclic) bond motifs is 7. The highest BCUT2D eigenvalue weighted by atomic mass is 15.2. The highest BCUT2D eigenvalue weighted by Crippen LogP contribution is 2.57. The lowest BCUT2D eigenvalue weighted by Crippen LogP contribution is -2.61. The molecule has 6 heteroatoms. The summed E-state index contributed by atoms with van der Waals surface area (Å²) in [6, 6.07) is 114. The third-order valence-electron chi connectivity index (χ3n) is 25.3. The molecule has 2 aliphatic rings. The number of anilines is 6. The molecule has 0 fully saturated rings. The Morgan fingerprint density at radius 1 is 0.242 bits per heavy atom. The molecule has 0 atom stereocenters. The second kappa shape index (κ2) is 29.2. The van der Waals surface area contributed by atoms with Gasteiger partial charge in [0.25, 0.3) is 6.71 Å². The standard InChI is InChI=1S/C114H110BN5/c1-108(2,3)81-40-30-36-72(54-81)93-60-79(89-44-24-22-34-76(89)69-116)61-94(73-37-31-41-82(55-73)109(4,5)6)106(93)119-101-53-50-71(78-58-85(112(13,14)15)65-86(59-78)113(16,17)18)64-98(101)115-97-52-51-88(118-99-48-28-26-46-91(99)92-47-27-29-49-100(92)118)68-102(97)120(104-67-87(114(19,20)21)66-103(119)105(104)115)107-95(74-38-32-42-83(56-74)110(7,8)9)62-80(90-45-25-23-35-77(90)70-117)63-96(107)75-39-33-43-84(57-75)111(10,11)12/h22-68H,1-21H3. The number of nitriles is 2. The molecule has 17 rings (SSSR count). The molecule has 0 amide bonds. The van der Waals surface area contributed by atoms with E-state index < -0.39 is 5.41 Å². The van der Waals surface area contributed by atoms with E-state index in [1.807, 2.05) is 24.3 Å². The van der Waals surface area contributed by atoms with Crippen LogP contribution >= 0.6 is 0 Å². The minimum absolute atomic E-state index is 0.155. The van der Waals surface area contributed by atoms with Crippen molar-refractivity contribution in [2.45, 2.75) is 183 Å². The number of rotatable bonds is 10. The van der Waals surface area contributed by atoms with Crippen molar-refractivity contribution in [2.24, 2.45) is 0 Å². The zero-order valence-corrected chi connectivity index (χ0v) is 73.9. The van der Waals surface area contributed by atoms with Gasteiger partial charge < -0.3 is 14.4 Å². The van der Waals surface area contributed by atoms with Crippen LogP contribution in [0.2, 0.25) is 0 Å². The van der Waals surface area contributed by atoms with Crippen molar-refractivity contribution in [1.82, 2.24) is 4.57 Å². The van der Waals surface area contributed by atoms with Gasteiger partial charge >= 0.3 is 0 Å². The van der Waals surface area contributed by atoms with E-state index in [4.69, 9.17) is 0 Å². The van der Waals surface area contributed by atoms with Crippen molar-refractivity contribution < 1.29 is 0 Å². The largest absolute Gasteiger partial charge is 0.310 e. The fourth-order valence-corrected chi connectivity index (χ4v) is 18.3. The predicted octanol–water partition coefficient (Wildman–Crippen LogP) is 29.4. The number of nitrogens with zero attached hydrogens (tertiary/aromatic N) is 5. The molecule has 120 heavy (non-hydrogen) atoms. The Morgan fingerprint density at radius 3 is 0.975 bits per heavy atom. The molecule has 14 aromatic carbocycles. The maximum absolute atomic E-state index is 11.3. The van der Waals surface area contributed by atoms with Crippen molar-refractivity contribution in [1.29, 1.82) is 10.5 Å². The highest BCUT2D eigenvalue weighted by molar-refractivity contribution is 7.00. The first-order valence-electron chi connectivity index (χ1n) is 42.8. The van der Waals surface area contributed by atoms with E-state index in [9.17, 15) is 10.5 Å². The molecule has 3 heterocycles. The summed E-state index contributed by atoms with van der Waals surface area (Å²) in [6.07, 6.45) is 0. The van der Waals surface area contributed by atoms with E-state index in [1.54, 1.807) is 0 Å². The number of hydrogen-bond donors (Lipinski definition) is 0. The predicted molar refractivity (Wildman–Crippen MR) is 513 cm³/mol. The maximum atomic E-state index is 11.3. The monoisotopic (exact) mass is 1560 g/mol. The van der Waals surface area contributed by atoms with Crippen molar-refractivity contribution in [3.8, 4) is 95.7 Å². The van der Waals surface area contributed by atoms with Gasteiger partial charge in [-0.1, -0.05) is 352 Å². The molecule has 0 unspecified atom stereocenters. The van der Waals surface area contributed by atoms with E-state index in [1.165, 1.54) is 66.2 Å². The summed E-state index contributed by atoms with van der Waals surface area (Å²) < 4.78 is 2.49. The minimum Gasteiger partial charge on any atom is -0.310 e. The van der Waals surface area contributed by atoms with Crippen LogP contribution in [0.5, 0.6) is 0 Å². The molecule has 594 valence electrons. The van der Waals surface area contributed by atoms with Gasteiger partial charge in [-0.05, 0) is 228 Å². The lowest BCUT2D eigenvalue weighted by Gasteiger charge is -2.46. The molecule has 5 nitrogen and oxygen atoms in total. The average Bonchev–Trinajstić information content (AvgIpc) is 0.728. The van der Waals surface area contributed by atoms with E-state index in [2.05, 4.69) is 433 Å². The number of para-hydroxylation sites is 2. The molecule has 0 spiro atoms. The molecule has 0 saturated carbocycles. The van der Waals surface area contributed by atoms with Gasteiger partial charge in [-0.3, -0.25) is 0 Å². The molecule has 0 bridgehead atoms. The first kappa shape index (κ1) is 80.0. The summed E-state index contributed by atoms with van der Waals surface area (Å²) in [5.41, 5.74) is 35.8. The molecular formula is C114H110BN5. The Hall–Kier alpha value is -12.5. The fraction of sp³-hybridized carbons (Fsp3) is 0.246. The smallest absolute Gasteiger partial charge is 0.252 e. The summed E-state index contributed by atoms with van der Waals surface area (Å²) in [7, 11) is 0. The third-order valence-corrected chi connectivity index (χ3v) is 25.3. The summed E-state index contributed by atoms with van der Waals surface area (Å²) >= 11 is 0. The first-order valence-corrected chi connectivity index (χ1v) is 42.8. The topological polar surface area (TPSA) is 59.0 Å². The number of benzene rings is 14. The number of hydrogen-bond acceptors (Lipinski definition) is 4. The third kappa shape index (κ3) is 14.3. The Bertz CT molecular complexity index is 6510. The van der Waals surface area contributed by atoms with E-state index in [0.717, 1.165) is 129 Å². The van der Waals surface area contributed by atoms with Crippen LogP contribution < -0.4 is 26.2 Å². The molecule has 0 saturated heterocycles. The van der Waals surface area contributed by atoms with Gasteiger partial charge in [0.05, 0.1) is 45.7 Å². The molecule has 2 aliphatic heterocycles. The summed E-state index contributed by atoms with van der Waals surface area (Å²) in [6.45, 7) is 48.6. The Balaban J connectivity index is 1.11. The summed E-state index contributed by atoms with van der Waals surface area (Å²) in [4.78, 5) is 5.42. The highest BCUT2D eigenvalue weighted by Gasteiger charge is 2.47. The van der Waals surface area contributed by atoms with Crippen LogP contribution in [0, 0.1) is 22.7 Å². The lowest BCUT2D eigenvalue weighted by molar-refractivity contribution is 0.569. The van der Waals surface area contributed by atoms with Crippen LogP contribution in [0.1, 0.15) is 195 Å². The van der Waals surface area contributed by atoms with Gasteiger partial charge in [-0.15, -0.1) is 0 Å². The second-order valence-corrected chi connectivity index (χ2v) is 40.9. The summed E-state index contributed by atoms with van der Waals surface area (Å²) in [5, 5.41) is 24.9. The van der Waals surface area contributed by atoms with Crippen molar-refractivity contribution in [3.63, 3.8) is 0 Å². The lowest BCUT2D eigenvalue weighted by atomic mass is 9.33. The number of aromatic nitrogens is 1. The quantitative estimate of drug-likeness (QED) is 0.128. The van der Waals surface area contributed by atoms with E-state index in [-0.39, 0.29) is 39.2 Å². The van der Waals surface area contributed by atoms with Crippen LogP contribution in [0.4, 0.5) is 34.1 Å². The molecular weight excluding hydrogens is 1450 g/mol. The second-order valence-electron chi connectivity index (χ2n) is 40.9. The molecule has 0 aliphatic carbocycles. The van der Waals surface area contributed by atoms with Gasteiger partial charge in [0.1, 0.15) is 0 Å². The fourth-order valence-electron chi connectivity index (χ4n) is 18.3. The van der Waals surface area contributed by atoms with Crippen LogP contribution in [0.3, 0.4) is 0 Å². The van der Waals surface area contributed by atoms with Gasteiger partial charge in [0.2, 0.25) is 0 Å². The first-order chi connectivity index (χ1) is 56.8. The zero-order chi connectivity index (χ0) is 84.8. The summed E-state index contributed by atoms with van der Waals surface area (Å²) in [5.74, 6) is 0. The van der Waals surface area contributed by atoms with Gasteiger partial charge in [0.15, 0.2) is 0 Å². The van der Waals surface area contributed by atoms with Gasteiger partial charge in [-0.2, -0.15) is 10.5 Å². The van der Waals surface area contributed by atoms with E-state index >= 15 is 0 Å². The Labute approximate surface area is 713 Å². The van der Waals surface area contributed by atoms with Crippen LogP contribution in [-0.4, -0.2) is 11.3 Å². The van der Waals surface area contributed by atoms with Crippen molar-refractivity contribution in [3.05, 3.63) is 335 Å². The van der Waals surface area contributed by atoms with Crippen LogP contribution in [0.15, 0.2) is 285 Å². The van der Waals surface area contributed by atoms with Crippen LogP contribution in [0.25, 0.3) is 105 Å². The molecule has 0 N–H and O–H groups in total. The van der Waals surface area contributed by atoms with Crippen LogP contribution in [-0.2, 0) is 37.9 Å². The van der Waals surface area contributed by atoms with Gasteiger partial charge in [0, 0.05) is 61.5 Å². The van der Waals surface area contributed by atoms with Crippen molar-refractivity contribution in [2.75, 3.05) is 9.80 Å².